The van der Waals surface area contributed by atoms with Gasteiger partial charge < -0.3 is 10.1 Å². The molecule has 0 aromatic carbocycles. The minimum Gasteiger partial charge on any atom is -0.385 e. The number of nitrogens with zero attached hydrogens (tertiary/aromatic N) is 1. The van der Waals surface area contributed by atoms with Gasteiger partial charge in [0.2, 0.25) is 5.96 Å². The van der Waals surface area contributed by atoms with Gasteiger partial charge in [-0.2, -0.15) is 0 Å². The van der Waals surface area contributed by atoms with E-state index in [1.807, 2.05) is 0 Å². The predicted molar refractivity (Wildman–Crippen MR) is 68.5 cm³/mol. The fourth-order valence-corrected chi connectivity index (χ4v) is 2.36. The van der Waals surface area contributed by atoms with E-state index in [4.69, 9.17) is 10.6 Å². The van der Waals surface area contributed by atoms with Gasteiger partial charge in [0.1, 0.15) is 0 Å². The standard InChI is InChI=1S/C12H24N4O/c1-17-8-2-7-14-11(16-13)15-9-12(5-6-12)10-3-4-10/h10H,2-9,13H2,1H3,(H2,14,15,16). The van der Waals surface area contributed by atoms with E-state index in [1.165, 1.54) is 25.7 Å². The summed E-state index contributed by atoms with van der Waals surface area (Å²) in [5.41, 5.74) is 3.17. The van der Waals surface area contributed by atoms with Crippen molar-refractivity contribution in [3.63, 3.8) is 0 Å². The average molecular weight is 240 g/mol. The number of nitrogens with two attached hydrogens (primary N) is 1. The number of hydrogen-bond acceptors (Lipinski definition) is 3. The van der Waals surface area contributed by atoms with Crippen molar-refractivity contribution < 1.29 is 4.74 Å². The van der Waals surface area contributed by atoms with E-state index in [1.54, 1.807) is 7.11 Å². The van der Waals surface area contributed by atoms with Crippen molar-refractivity contribution in [2.24, 2.45) is 22.2 Å². The average Bonchev–Trinajstić information content (AvgIpc) is 3.18. The largest absolute Gasteiger partial charge is 0.385 e. The number of ether oxygens (including phenoxy) is 1. The SMILES string of the molecule is COCCCNC(=NCC1(C2CC2)CC1)NN. The summed E-state index contributed by atoms with van der Waals surface area (Å²) >= 11 is 0. The summed E-state index contributed by atoms with van der Waals surface area (Å²) in [6.07, 6.45) is 6.47. The van der Waals surface area contributed by atoms with Gasteiger partial charge in [0, 0.05) is 26.8 Å². The van der Waals surface area contributed by atoms with Gasteiger partial charge in [-0.15, -0.1) is 0 Å². The predicted octanol–water partition coefficient (Wildman–Crippen LogP) is 0.622. The number of nitrogens with one attached hydrogen (secondary N) is 2. The van der Waals surface area contributed by atoms with Crippen LogP contribution in [0.15, 0.2) is 4.99 Å². The van der Waals surface area contributed by atoms with Gasteiger partial charge in [-0.05, 0) is 43.4 Å². The fraction of sp³-hybridized carbons (Fsp3) is 0.917. The zero-order chi connectivity index (χ0) is 12.1. The van der Waals surface area contributed by atoms with Crippen molar-refractivity contribution in [1.29, 1.82) is 0 Å². The van der Waals surface area contributed by atoms with Crippen molar-refractivity contribution in [1.82, 2.24) is 10.7 Å². The Labute approximate surface area is 103 Å². The van der Waals surface area contributed by atoms with Crippen LogP contribution in [0, 0.1) is 11.3 Å². The first-order chi connectivity index (χ1) is 8.30. The Bertz CT molecular complexity index is 272. The molecular formula is C12H24N4O. The van der Waals surface area contributed by atoms with Crippen LogP contribution in [0.5, 0.6) is 0 Å². The second-order valence-corrected chi connectivity index (χ2v) is 5.22. The van der Waals surface area contributed by atoms with Gasteiger partial charge in [0.15, 0.2) is 0 Å². The monoisotopic (exact) mass is 240 g/mol. The van der Waals surface area contributed by atoms with Crippen LogP contribution in [0.25, 0.3) is 0 Å². The smallest absolute Gasteiger partial charge is 0.205 e. The van der Waals surface area contributed by atoms with Crippen LogP contribution in [-0.2, 0) is 4.74 Å². The minimum atomic E-state index is 0.538. The van der Waals surface area contributed by atoms with Crippen molar-refractivity contribution >= 4 is 5.96 Å². The molecule has 2 rings (SSSR count). The summed E-state index contributed by atoms with van der Waals surface area (Å²) < 4.78 is 4.99. The van der Waals surface area contributed by atoms with Crippen LogP contribution in [0.3, 0.4) is 0 Å². The molecule has 0 aromatic rings. The van der Waals surface area contributed by atoms with E-state index < -0.39 is 0 Å². The molecule has 0 unspecified atom stereocenters. The number of rotatable bonds is 7. The third-order valence-corrected chi connectivity index (χ3v) is 3.84. The van der Waals surface area contributed by atoms with Crippen LogP contribution < -0.4 is 16.6 Å². The number of guanidine groups is 1. The summed E-state index contributed by atoms with van der Waals surface area (Å²) in [4.78, 5) is 4.56. The fourth-order valence-electron chi connectivity index (χ4n) is 2.36. The second-order valence-electron chi connectivity index (χ2n) is 5.22. The molecule has 0 atom stereocenters. The van der Waals surface area contributed by atoms with E-state index in [2.05, 4.69) is 15.7 Å². The topological polar surface area (TPSA) is 71.7 Å². The molecule has 0 bridgehead atoms. The molecule has 4 N–H and O–H groups in total. The molecule has 0 aromatic heterocycles. The Morgan fingerprint density at radius 2 is 2.24 bits per heavy atom. The molecule has 5 nitrogen and oxygen atoms in total. The lowest BCUT2D eigenvalue weighted by atomic mass is 10.0. The van der Waals surface area contributed by atoms with Crippen LogP contribution in [-0.4, -0.2) is 32.8 Å². The van der Waals surface area contributed by atoms with E-state index >= 15 is 0 Å². The molecule has 98 valence electrons. The molecule has 0 radical (unpaired) electrons. The maximum atomic E-state index is 5.45. The summed E-state index contributed by atoms with van der Waals surface area (Å²) in [6, 6.07) is 0. The Balaban J connectivity index is 1.69. The Morgan fingerprint density at radius 3 is 2.76 bits per heavy atom. The molecule has 2 saturated carbocycles. The molecular weight excluding hydrogens is 216 g/mol. The van der Waals surface area contributed by atoms with Crippen LogP contribution in [0.2, 0.25) is 0 Å². The third kappa shape index (κ3) is 3.57. The molecule has 5 heteroatoms. The molecule has 0 heterocycles. The lowest BCUT2D eigenvalue weighted by Gasteiger charge is -2.13. The molecule has 0 saturated heterocycles. The van der Waals surface area contributed by atoms with Crippen molar-refractivity contribution in [3.8, 4) is 0 Å². The summed E-state index contributed by atoms with van der Waals surface area (Å²) in [5, 5.41) is 3.20. The number of hydrogen-bond donors (Lipinski definition) is 3. The maximum absolute atomic E-state index is 5.45. The minimum absolute atomic E-state index is 0.538. The quantitative estimate of drug-likeness (QED) is 0.201. The highest BCUT2D eigenvalue weighted by molar-refractivity contribution is 5.79. The summed E-state index contributed by atoms with van der Waals surface area (Å²) in [7, 11) is 1.71. The van der Waals surface area contributed by atoms with E-state index in [0.717, 1.165) is 32.0 Å². The van der Waals surface area contributed by atoms with E-state index in [0.29, 0.717) is 11.4 Å². The number of hydrazine groups is 1. The van der Waals surface area contributed by atoms with Gasteiger partial charge in [-0.3, -0.25) is 10.4 Å². The molecule has 2 fully saturated rings. The van der Waals surface area contributed by atoms with E-state index in [-0.39, 0.29) is 0 Å². The van der Waals surface area contributed by atoms with Gasteiger partial charge in [0.25, 0.3) is 0 Å². The molecule has 0 spiro atoms. The molecule has 2 aliphatic carbocycles. The van der Waals surface area contributed by atoms with E-state index in [9.17, 15) is 0 Å². The first-order valence-electron chi connectivity index (χ1n) is 6.54. The van der Waals surface area contributed by atoms with Crippen molar-refractivity contribution in [2.75, 3.05) is 26.8 Å². The lowest BCUT2D eigenvalue weighted by molar-refractivity contribution is 0.195. The van der Waals surface area contributed by atoms with Crippen molar-refractivity contribution in [3.05, 3.63) is 0 Å². The molecule has 0 aliphatic heterocycles. The van der Waals surface area contributed by atoms with Crippen LogP contribution >= 0.6 is 0 Å². The van der Waals surface area contributed by atoms with Gasteiger partial charge in [-0.1, -0.05) is 0 Å². The highest BCUT2D eigenvalue weighted by Crippen LogP contribution is 2.61. The molecule has 17 heavy (non-hydrogen) atoms. The highest BCUT2D eigenvalue weighted by Gasteiger charge is 2.53. The first kappa shape index (κ1) is 12.6. The third-order valence-electron chi connectivity index (χ3n) is 3.84. The van der Waals surface area contributed by atoms with Gasteiger partial charge in [-0.25, -0.2) is 5.84 Å². The lowest BCUT2D eigenvalue weighted by Crippen LogP contribution is -2.42. The number of methoxy groups -OCH3 is 1. The summed E-state index contributed by atoms with van der Waals surface area (Å²) in [6.45, 7) is 2.53. The Morgan fingerprint density at radius 1 is 1.47 bits per heavy atom. The second kappa shape index (κ2) is 5.69. The summed E-state index contributed by atoms with van der Waals surface area (Å²) in [5.74, 6) is 7.11. The Kier molecular flexibility index (Phi) is 4.23. The van der Waals surface area contributed by atoms with Crippen LogP contribution in [0.4, 0.5) is 0 Å². The maximum Gasteiger partial charge on any atom is 0.205 e. The molecule has 2 aliphatic rings. The van der Waals surface area contributed by atoms with Gasteiger partial charge >= 0.3 is 0 Å². The Hall–Kier alpha value is -0.810. The normalized spacial score (nSPS) is 22.4. The molecule has 0 amide bonds. The van der Waals surface area contributed by atoms with Crippen molar-refractivity contribution in [2.45, 2.75) is 32.1 Å². The number of aliphatic imine (C=N–C) groups is 1. The first-order valence-corrected chi connectivity index (χ1v) is 6.54. The van der Waals surface area contributed by atoms with Gasteiger partial charge in [0.05, 0.1) is 0 Å². The highest BCUT2D eigenvalue weighted by atomic mass is 16.5. The zero-order valence-electron chi connectivity index (χ0n) is 10.7. The zero-order valence-corrected chi connectivity index (χ0v) is 10.7. The van der Waals surface area contributed by atoms with Crippen LogP contribution in [0.1, 0.15) is 32.1 Å².